The number of hydrogen-bond acceptors (Lipinski definition) is 3. The molecule has 96 valence electrons. The monoisotopic (exact) mass is 237 g/mol. The van der Waals surface area contributed by atoms with Crippen molar-refractivity contribution >= 4 is 0 Å². The molecule has 0 aliphatic rings. The van der Waals surface area contributed by atoms with E-state index in [1.54, 1.807) is 14.2 Å². The minimum Gasteiger partial charge on any atom is -0.355 e. The molecule has 17 heavy (non-hydrogen) atoms. The molecule has 1 aromatic carbocycles. The van der Waals surface area contributed by atoms with Gasteiger partial charge in [0.2, 0.25) is 0 Å². The van der Waals surface area contributed by atoms with Gasteiger partial charge < -0.3 is 14.8 Å². The fourth-order valence-electron chi connectivity index (χ4n) is 1.75. The van der Waals surface area contributed by atoms with Crippen molar-refractivity contribution in [3.8, 4) is 0 Å². The summed E-state index contributed by atoms with van der Waals surface area (Å²) in [6, 6.07) is 10.6. The van der Waals surface area contributed by atoms with E-state index in [0.717, 1.165) is 19.5 Å². The maximum Gasteiger partial charge on any atom is 0.169 e. The average molecular weight is 237 g/mol. The van der Waals surface area contributed by atoms with Crippen LogP contribution >= 0.6 is 0 Å². The lowest BCUT2D eigenvalue weighted by molar-refractivity contribution is -0.0986. The fourth-order valence-corrected chi connectivity index (χ4v) is 1.75. The summed E-state index contributed by atoms with van der Waals surface area (Å²) in [6.45, 7) is 3.95. The Balaban J connectivity index is 2.19. The summed E-state index contributed by atoms with van der Waals surface area (Å²) in [5.41, 5.74) is 1.39. The van der Waals surface area contributed by atoms with E-state index in [-0.39, 0.29) is 6.29 Å². The highest BCUT2D eigenvalue weighted by molar-refractivity contribution is 5.18. The maximum atomic E-state index is 5.11. The largest absolute Gasteiger partial charge is 0.355 e. The molecule has 0 bridgehead atoms. The lowest BCUT2D eigenvalue weighted by Gasteiger charge is -2.16. The summed E-state index contributed by atoms with van der Waals surface area (Å²) in [7, 11) is 3.31. The molecule has 3 heteroatoms. The summed E-state index contributed by atoms with van der Waals surface area (Å²) < 4.78 is 10.2. The Morgan fingerprint density at radius 2 is 1.76 bits per heavy atom. The molecule has 1 unspecified atom stereocenters. The number of rotatable bonds is 8. The normalized spacial score (nSPS) is 12.9. The second kappa shape index (κ2) is 8.23. The Morgan fingerprint density at radius 1 is 1.12 bits per heavy atom. The number of ether oxygens (including phenoxy) is 2. The van der Waals surface area contributed by atoms with Crippen LogP contribution in [0.2, 0.25) is 0 Å². The molecule has 1 rings (SSSR count). The predicted octanol–water partition coefficient (Wildman–Crippen LogP) is 2.39. The second-order valence-electron chi connectivity index (χ2n) is 4.21. The molecule has 1 N–H and O–H groups in total. The molecular formula is C14H23NO2. The summed E-state index contributed by atoms with van der Waals surface area (Å²) in [5.74, 6) is 0.576. The molecule has 1 aromatic rings. The van der Waals surface area contributed by atoms with Crippen molar-refractivity contribution in [3.63, 3.8) is 0 Å². The minimum atomic E-state index is -0.151. The van der Waals surface area contributed by atoms with Crippen LogP contribution in [0.3, 0.4) is 0 Å². The number of nitrogens with one attached hydrogen (secondary N) is 1. The molecule has 3 nitrogen and oxygen atoms in total. The van der Waals surface area contributed by atoms with Crippen molar-refractivity contribution in [3.05, 3.63) is 35.9 Å². The van der Waals surface area contributed by atoms with E-state index in [2.05, 4.69) is 42.6 Å². The molecule has 0 saturated heterocycles. The second-order valence-corrected chi connectivity index (χ2v) is 4.21. The lowest BCUT2D eigenvalue weighted by atomic mass is 9.98. The van der Waals surface area contributed by atoms with Gasteiger partial charge in [0.1, 0.15) is 0 Å². The Kier molecular flexibility index (Phi) is 6.86. The van der Waals surface area contributed by atoms with E-state index < -0.39 is 0 Å². The third kappa shape index (κ3) is 5.31. The van der Waals surface area contributed by atoms with Crippen LogP contribution in [0.1, 0.15) is 24.8 Å². The summed E-state index contributed by atoms with van der Waals surface area (Å²) >= 11 is 0. The van der Waals surface area contributed by atoms with E-state index in [1.807, 2.05) is 0 Å². The topological polar surface area (TPSA) is 30.5 Å². The first-order valence-corrected chi connectivity index (χ1v) is 6.09. The van der Waals surface area contributed by atoms with Gasteiger partial charge in [-0.15, -0.1) is 0 Å². The van der Waals surface area contributed by atoms with Gasteiger partial charge in [0, 0.05) is 20.8 Å². The first-order chi connectivity index (χ1) is 8.27. The molecule has 0 spiro atoms. The van der Waals surface area contributed by atoms with E-state index in [9.17, 15) is 0 Å². The van der Waals surface area contributed by atoms with Crippen LogP contribution in [0.25, 0.3) is 0 Å². The Labute approximate surface area is 104 Å². The third-order valence-electron chi connectivity index (χ3n) is 2.96. The number of hydrogen-bond donors (Lipinski definition) is 1. The zero-order valence-electron chi connectivity index (χ0n) is 11.0. The highest BCUT2D eigenvalue weighted by Gasteiger charge is 2.06. The fraction of sp³-hybridized carbons (Fsp3) is 0.571. The summed E-state index contributed by atoms with van der Waals surface area (Å²) in [5, 5.41) is 3.34. The van der Waals surface area contributed by atoms with Crippen LogP contribution < -0.4 is 5.32 Å². The van der Waals surface area contributed by atoms with Gasteiger partial charge in [-0.25, -0.2) is 0 Å². The van der Waals surface area contributed by atoms with Crippen LogP contribution in [0.4, 0.5) is 0 Å². The molecule has 0 heterocycles. The average Bonchev–Trinajstić information content (AvgIpc) is 2.40. The van der Waals surface area contributed by atoms with Gasteiger partial charge in [-0.05, 0) is 24.4 Å². The number of methoxy groups -OCH3 is 2. The molecule has 0 saturated carbocycles. The van der Waals surface area contributed by atoms with Gasteiger partial charge in [0.15, 0.2) is 6.29 Å². The summed E-state index contributed by atoms with van der Waals surface area (Å²) in [4.78, 5) is 0. The molecule has 1 atom stereocenters. The Bertz CT molecular complexity index is 286. The van der Waals surface area contributed by atoms with Crippen LogP contribution in [-0.4, -0.2) is 33.6 Å². The Morgan fingerprint density at radius 3 is 2.35 bits per heavy atom. The minimum absolute atomic E-state index is 0.151. The smallest absolute Gasteiger partial charge is 0.169 e. The van der Waals surface area contributed by atoms with Crippen molar-refractivity contribution < 1.29 is 9.47 Å². The van der Waals surface area contributed by atoms with Crippen molar-refractivity contribution in [2.75, 3.05) is 27.3 Å². The van der Waals surface area contributed by atoms with Gasteiger partial charge in [-0.1, -0.05) is 37.3 Å². The molecule has 0 amide bonds. The zero-order valence-corrected chi connectivity index (χ0v) is 11.0. The van der Waals surface area contributed by atoms with Gasteiger partial charge in [0.25, 0.3) is 0 Å². The van der Waals surface area contributed by atoms with Gasteiger partial charge in [-0.2, -0.15) is 0 Å². The quantitative estimate of drug-likeness (QED) is 0.556. The van der Waals surface area contributed by atoms with Crippen LogP contribution in [-0.2, 0) is 9.47 Å². The molecular weight excluding hydrogens is 214 g/mol. The van der Waals surface area contributed by atoms with Crippen molar-refractivity contribution in [2.24, 2.45) is 0 Å². The standard InChI is InChI=1S/C14H23NO2/c1-12(13-7-5-4-6-8-13)9-10-15-11-14(16-2)17-3/h4-8,12,14-15H,9-11H2,1-3H3. The van der Waals surface area contributed by atoms with E-state index in [4.69, 9.17) is 9.47 Å². The van der Waals surface area contributed by atoms with E-state index >= 15 is 0 Å². The zero-order chi connectivity index (χ0) is 12.5. The van der Waals surface area contributed by atoms with Crippen LogP contribution in [0.15, 0.2) is 30.3 Å². The van der Waals surface area contributed by atoms with Crippen molar-refractivity contribution in [1.29, 1.82) is 0 Å². The molecule has 0 radical (unpaired) electrons. The van der Waals surface area contributed by atoms with Gasteiger partial charge in [-0.3, -0.25) is 0 Å². The van der Waals surface area contributed by atoms with Crippen molar-refractivity contribution in [1.82, 2.24) is 5.32 Å². The number of benzene rings is 1. The van der Waals surface area contributed by atoms with Gasteiger partial charge >= 0.3 is 0 Å². The molecule has 0 aromatic heterocycles. The molecule has 0 aliphatic carbocycles. The lowest BCUT2D eigenvalue weighted by Crippen LogP contribution is -2.30. The van der Waals surface area contributed by atoms with Crippen molar-refractivity contribution in [2.45, 2.75) is 25.6 Å². The summed E-state index contributed by atoms with van der Waals surface area (Å²) in [6.07, 6.45) is 0.964. The van der Waals surface area contributed by atoms with E-state index in [0.29, 0.717) is 5.92 Å². The third-order valence-corrected chi connectivity index (χ3v) is 2.96. The first kappa shape index (κ1) is 14.2. The molecule has 0 aliphatic heterocycles. The van der Waals surface area contributed by atoms with Crippen LogP contribution in [0, 0.1) is 0 Å². The first-order valence-electron chi connectivity index (χ1n) is 6.09. The Hall–Kier alpha value is -0.900. The van der Waals surface area contributed by atoms with E-state index in [1.165, 1.54) is 5.56 Å². The van der Waals surface area contributed by atoms with Crippen LogP contribution in [0.5, 0.6) is 0 Å². The van der Waals surface area contributed by atoms with Gasteiger partial charge in [0.05, 0.1) is 0 Å². The SMILES string of the molecule is COC(CNCCC(C)c1ccccc1)OC. The highest BCUT2D eigenvalue weighted by atomic mass is 16.7. The maximum absolute atomic E-state index is 5.11. The highest BCUT2D eigenvalue weighted by Crippen LogP contribution is 2.17. The molecule has 0 fully saturated rings. The predicted molar refractivity (Wildman–Crippen MR) is 70.1 cm³/mol.